The molecule has 0 aliphatic carbocycles. The Morgan fingerprint density at radius 1 is 1.12 bits per heavy atom. The highest BCUT2D eigenvalue weighted by atomic mass is 32.2. The summed E-state index contributed by atoms with van der Waals surface area (Å²) in [7, 11) is 0. The first-order valence-corrected chi connectivity index (χ1v) is 12.5. The van der Waals surface area contributed by atoms with E-state index in [4.69, 9.17) is 9.84 Å². The second kappa shape index (κ2) is 15.3. The van der Waals surface area contributed by atoms with Gasteiger partial charge in [0.2, 0.25) is 5.16 Å². The number of phenolic OH excluding ortho intramolecular Hbond substituents is 1. The highest BCUT2D eigenvalue weighted by Crippen LogP contribution is 2.38. The average Bonchev–Trinajstić information content (AvgIpc) is 3.22. The first kappa shape index (κ1) is 26.6. The summed E-state index contributed by atoms with van der Waals surface area (Å²) in [6.45, 7) is 2.33. The van der Waals surface area contributed by atoms with Crippen molar-refractivity contribution in [2.45, 2.75) is 88.1 Å². The van der Waals surface area contributed by atoms with Crippen LogP contribution in [0.1, 0.15) is 81.9 Å². The number of nitrogens with zero attached hydrogens (tertiary/aromatic N) is 4. The summed E-state index contributed by atoms with van der Waals surface area (Å²) < 4.78 is 7.03. The Hall–Kier alpha value is -2.62. The zero-order valence-corrected chi connectivity index (χ0v) is 20.0. The Morgan fingerprint density at radius 3 is 2.42 bits per heavy atom. The van der Waals surface area contributed by atoms with Crippen LogP contribution in [0, 0.1) is 0 Å². The Kier molecular flexibility index (Phi) is 12.3. The molecule has 33 heavy (non-hydrogen) atoms. The van der Waals surface area contributed by atoms with Crippen molar-refractivity contribution in [2.75, 3.05) is 6.61 Å². The second-order valence-corrected chi connectivity index (χ2v) is 9.05. The third-order valence-electron chi connectivity index (χ3n) is 5.20. The first-order chi connectivity index (χ1) is 16.0. The number of aromatic nitrogens is 4. The predicted octanol–water partition coefficient (Wildman–Crippen LogP) is 4.80. The fraction of sp³-hybridized carbons (Fsp3) is 0.609. The minimum Gasteiger partial charge on any atom is -0.508 e. The lowest BCUT2D eigenvalue weighted by Gasteiger charge is -2.16. The van der Waals surface area contributed by atoms with Gasteiger partial charge in [-0.2, -0.15) is 0 Å². The number of ether oxygens (including phenoxy) is 1. The Balaban J connectivity index is 1.84. The number of carbonyl (C=O) groups is 2. The van der Waals surface area contributed by atoms with Crippen LogP contribution in [0.4, 0.5) is 0 Å². The van der Waals surface area contributed by atoms with Gasteiger partial charge in [0.25, 0.3) is 0 Å². The molecule has 0 saturated heterocycles. The summed E-state index contributed by atoms with van der Waals surface area (Å²) in [5.74, 6) is -0.580. The number of tetrazole rings is 1. The number of thioether (sulfide) groups is 1. The summed E-state index contributed by atoms with van der Waals surface area (Å²) in [6, 6.07) is 4.63. The predicted molar refractivity (Wildman–Crippen MR) is 126 cm³/mol. The van der Waals surface area contributed by atoms with Gasteiger partial charge >= 0.3 is 5.97 Å². The van der Waals surface area contributed by atoms with Crippen LogP contribution in [-0.4, -0.2) is 49.3 Å². The van der Waals surface area contributed by atoms with Crippen LogP contribution in [0.15, 0.2) is 23.4 Å². The molecule has 2 N–H and O–H groups in total. The fourth-order valence-electron chi connectivity index (χ4n) is 3.45. The molecular weight excluding hydrogens is 444 g/mol. The maximum atomic E-state index is 11.8. The van der Waals surface area contributed by atoms with Crippen molar-refractivity contribution in [3.8, 4) is 11.5 Å². The van der Waals surface area contributed by atoms with Crippen LogP contribution in [0.2, 0.25) is 0 Å². The van der Waals surface area contributed by atoms with Gasteiger partial charge in [-0.1, -0.05) is 76.5 Å². The van der Waals surface area contributed by atoms with Crippen molar-refractivity contribution in [3.05, 3.63) is 23.8 Å². The molecule has 1 atom stereocenters. The molecule has 0 aliphatic heterocycles. The van der Waals surface area contributed by atoms with Gasteiger partial charge < -0.3 is 19.7 Å². The zero-order chi connectivity index (χ0) is 23.9. The van der Waals surface area contributed by atoms with Crippen LogP contribution in [0.5, 0.6) is 11.5 Å². The maximum absolute atomic E-state index is 11.8. The van der Waals surface area contributed by atoms with Gasteiger partial charge in [0.15, 0.2) is 0 Å². The van der Waals surface area contributed by atoms with Crippen molar-refractivity contribution in [1.29, 1.82) is 0 Å². The Labute approximate surface area is 198 Å². The van der Waals surface area contributed by atoms with E-state index in [2.05, 4.69) is 22.4 Å². The normalized spacial score (nSPS) is 11.9. The van der Waals surface area contributed by atoms with E-state index in [0.29, 0.717) is 24.2 Å². The van der Waals surface area contributed by atoms with Crippen molar-refractivity contribution in [3.63, 3.8) is 0 Å². The van der Waals surface area contributed by atoms with E-state index >= 15 is 0 Å². The van der Waals surface area contributed by atoms with E-state index in [1.807, 2.05) is 0 Å². The largest absolute Gasteiger partial charge is 0.508 e. The van der Waals surface area contributed by atoms with Gasteiger partial charge in [0.1, 0.15) is 24.3 Å². The zero-order valence-electron chi connectivity index (χ0n) is 19.2. The molecule has 182 valence electrons. The summed E-state index contributed by atoms with van der Waals surface area (Å²) in [6.07, 6.45) is 13.0. The van der Waals surface area contributed by atoms with Gasteiger partial charge in [-0.15, -0.1) is 5.10 Å². The van der Waals surface area contributed by atoms with Crippen LogP contribution in [0.25, 0.3) is 0 Å². The van der Waals surface area contributed by atoms with Gasteiger partial charge in [-0.3, -0.25) is 4.79 Å². The van der Waals surface area contributed by atoms with E-state index in [9.17, 15) is 14.7 Å². The minimum atomic E-state index is -1.09. The standard InChI is InChI=1S/C23H34N4O5S/c1-2-3-4-5-6-7-8-9-10-11-14-32-20-13-12-18(29)15-19(20)21(17-28)33-23-24-25-26-27(23)16-22(30)31/h12-13,15,17,21,29H,2-11,14,16H2,1H3,(H,30,31). The summed E-state index contributed by atoms with van der Waals surface area (Å²) in [5, 5.41) is 29.3. The number of aldehydes is 1. The molecule has 0 fully saturated rings. The van der Waals surface area contributed by atoms with E-state index in [1.54, 1.807) is 6.07 Å². The molecule has 1 heterocycles. The molecule has 9 nitrogen and oxygen atoms in total. The van der Waals surface area contributed by atoms with Crippen LogP contribution >= 0.6 is 11.8 Å². The van der Waals surface area contributed by atoms with E-state index < -0.39 is 17.8 Å². The highest BCUT2D eigenvalue weighted by molar-refractivity contribution is 8.00. The summed E-state index contributed by atoms with van der Waals surface area (Å²) in [4.78, 5) is 22.8. The Bertz CT molecular complexity index is 861. The smallest absolute Gasteiger partial charge is 0.325 e. The number of carboxylic acids is 1. The summed E-state index contributed by atoms with van der Waals surface area (Å²) >= 11 is 1.00. The van der Waals surface area contributed by atoms with Crippen molar-refractivity contribution >= 4 is 24.0 Å². The molecule has 1 aromatic heterocycles. The molecule has 0 amide bonds. The molecule has 1 unspecified atom stereocenters. The lowest BCUT2D eigenvalue weighted by atomic mass is 10.1. The number of carboxylic acid groups (broad SMARTS) is 1. The molecule has 2 rings (SSSR count). The number of hydrogen-bond donors (Lipinski definition) is 2. The molecule has 1 aromatic carbocycles. The SMILES string of the molecule is CCCCCCCCCCCCOc1ccc(O)cc1C(C=O)Sc1nnnn1CC(=O)O. The molecular formula is C23H34N4O5S. The van der Waals surface area contributed by atoms with Crippen LogP contribution < -0.4 is 4.74 Å². The number of unbranched alkanes of at least 4 members (excludes halogenated alkanes) is 9. The highest BCUT2D eigenvalue weighted by Gasteiger charge is 2.22. The summed E-state index contributed by atoms with van der Waals surface area (Å²) in [5.41, 5.74) is 0.493. The minimum absolute atomic E-state index is 0.00821. The number of carbonyl (C=O) groups excluding carboxylic acids is 1. The average molecular weight is 479 g/mol. The van der Waals surface area contributed by atoms with Crippen molar-refractivity contribution < 1.29 is 24.5 Å². The van der Waals surface area contributed by atoms with E-state index in [0.717, 1.165) is 29.3 Å². The topological polar surface area (TPSA) is 127 Å². The van der Waals surface area contributed by atoms with Gasteiger partial charge in [0.05, 0.1) is 11.9 Å². The van der Waals surface area contributed by atoms with Crippen molar-refractivity contribution in [2.24, 2.45) is 0 Å². The van der Waals surface area contributed by atoms with Crippen molar-refractivity contribution in [1.82, 2.24) is 20.2 Å². The van der Waals surface area contributed by atoms with Gasteiger partial charge in [-0.25, -0.2) is 4.68 Å². The van der Waals surface area contributed by atoms with E-state index in [-0.39, 0.29) is 10.9 Å². The maximum Gasteiger partial charge on any atom is 0.325 e. The number of rotatable bonds is 18. The van der Waals surface area contributed by atoms with Crippen LogP contribution in [-0.2, 0) is 16.1 Å². The molecule has 0 radical (unpaired) electrons. The van der Waals surface area contributed by atoms with E-state index in [1.165, 1.54) is 63.5 Å². The Morgan fingerprint density at radius 2 is 1.79 bits per heavy atom. The number of benzene rings is 1. The van der Waals surface area contributed by atoms with Crippen LogP contribution in [0.3, 0.4) is 0 Å². The fourth-order valence-corrected chi connectivity index (χ4v) is 4.35. The molecule has 0 spiro atoms. The lowest BCUT2D eigenvalue weighted by Crippen LogP contribution is -2.12. The monoisotopic (exact) mass is 478 g/mol. The second-order valence-electron chi connectivity index (χ2n) is 7.94. The number of aromatic hydroxyl groups is 1. The molecule has 0 bridgehead atoms. The lowest BCUT2D eigenvalue weighted by molar-refractivity contribution is -0.138. The number of hydrogen-bond acceptors (Lipinski definition) is 8. The third-order valence-corrected chi connectivity index (χ3v) is 6.32. The third kappa shape index (κ3) is 9.81. The van der Waals surface area contributed by atoms with Gasteiger partial charge in [-0.05, 0) is 35.0 Å². The quantitative estimate of drug-likeness (QED) is 0.176. The molecule has 2 aromatic rings. The first-order valence-electron chi connectivity index (χ1n) is 11.6. The van der Waals surface area contributed by atoms with Gasteiger partial charge in [0, 0.05) is 5.56 Å². The molecule has 0 saturated carbocycles. The molecule has 0 aliphatic rings. The number of aliphatic carboxylic acids is 1. The number of phenols is 1. The molecule has 10 heteroatoms.